The van der Waals surface area contributed by atoms with Crippen molar-refractivity contribution in [2.45, 2.75) is 13.0 Å². The van der Waals surface area contributed by atoms with E-state index in [1.54, 1.807) is 22.7 Å². The molecule has 0 fully saturated rings. The molecule has 0 radical (unpaired) electrons. The van der Waals surface area contributed by atoms with E-state index < -0.39 is 0 Å². The summed E-state index contributed by atoms with van der Waals surface area (Å²) in [5.41, 5.74) is 10.2. The highest BCUT2D eigenvalue weighted by Crippen LogP contribution is 2.37. The summed E-state index contributed by atoms with van der Waals surface area (Å²) in [6.45, 7) is 2.12. The van der Waals surface area contributed by atoms with Gasteiger partial charge in [-0.2, -0.15) is 11.3 Å². The van der Waals surface area contributed by atoms with Crippen LogP contribution in [0.1, 0.15) is 22.7 Å². The lowest BCUT2D eigenvalue weighted by Gasteiger charge is -2.11. The average Bonchev–Trinajstić information content (AvgIpc) is 2.95. The van der Waals surface area contributed by atoms with Crippen molar-refractivity contribution in [2.75, 3.05) is 0 Å². The zero-order valence-corrected chi connectivity index (χ0v) is 13.0. The Morgan fingerprint density at radius 3 is 2.72 bits per heavy atom. The topological polar surface area (TPSA) is 26.0 Å². The number of hydrogen-bond donors (Lipinski definition) is 1. The highest BCUT2D eigenvalue weighted by atomic mass is 79.9. The van der Waals surface area contributed by atoms with Crippen LogP contribution in [0.3, 0.4) is 0 Å². The van der Waals surface area contributed by atoms with E-state index in [1.165, 1.54) is 26.8 Å². The number of halogens is 1. The van der Waals surface area contributed by atoms with Gasteiger partial charge in [0.05, 0.1) is 6.04 Å². The summed E-state index contributed by atoms with van der Waals surface area (Å²) in [6.07, 6.45) is 0. The second kappa shape index (κ2) is 4.78. The first-order valence-corrected chi connectivity index (χ1v) is 8.24. The van der Waals surface area contributed by atoms with Crippen LogP contribution in [0.5, 0.6) is 0 Å². The Bertz CT molecular complexity index is 699. The zero-order chi connectivity index (χ0) is 12.7. The molecule has 18 heavy (non-hydrogen) atoms. The van der Waals surface area contributed by atoms with E-state index in [4.69, 9.17) is 5.73 Å². The van der Waals surface area contributed by atoms with Gasteiger partial charge in [0.25, 0.3) is 0 Å². The van der Waals surface area contributed by atoms with Crippen molar-refractivity contribution >= 4 is 48.7 Å². The number of fused-ring (bicyclic) bond motifs is 1. The van der Waals surface area contributed by atoms with Crippen molar-refractivity contribution < 1.29 is 0 Å². The molecule has 0 saturated heterocycles. The Morgan fingerprint density at radius 2 is 2.00 bits per heavy atom. The molecule has 2 N–H and O–H groups in total. The Kier molecular flexibility index (Phi) is 3.28. The lowest BCUT2D eigenvalue weighted by atomic mass is 9.99. The predicted molar refractivity (Wildman–Crippen MR) is 84.6 cm³/mol. The number of hydrogen-bond acceptors (Lipinski definition) is 3. The first-order chi connectivity index (χ1) is 8.68. The van der Waals surface area contributed by atoms with Crippen molar-refractivity contribution in [3.05, 3.63) is 55.5 Å². The SMILES string of the molecule is Cc1cscc1C(N)c1csc2c(Br)cccc12. The van der Waals surface area contributed by atoms with Crippen LogP contribution in [0.25, 0.3) is 10.1 Å². The van der Waals surface area contributed by atoms with Crippen molar-refractivity contribution in [3.63, 3.8) is 0 Å². The third kappa shape index (κ3) is 1.93. The first-order valence-electron chi connectivity index (χ1n) is 5.62. The second-order valence-electron chi connectivity index (χ2n) is 4.30. The first kappa shape index (κ1) is 12.4. The molecule has 1 unspecified atom stereocenters. The fourth-order valence-electron chi connectivity index (χ4n) is 2.14. The predicted octanol–water partition coefficient (Wildman–Crippen LogP) is 5.08. The van der Waals surface area contributed by atoms with E-state index in [1.807, 2.05) is 0 Å². The van der Waals surface area contributed by atoms with Gasteiger partial charge in [-0.25, -0.2) is 0 Å². The molecule has 1 atom stereocenters. The van der Waals surface area contributed by atoms with Crippen molar-refractivity contribution in [3.8, 4) is 0 Å². The van der Waals surface area contributed by atoms with Gasteiger partial charge >= 0.3 is 0 Å². The maximum Gasteiger partial charge on any atom is 0.0576 e. The molecule has 1 nitrogen and oxygen atoms in total. The third-order valence-electron chi connectivity index (χ3n) is 3.15. The number of thiophene rings is 2. The van der Waals surface area contributed by atoms with Gasteiger partial charge in [-0.15, -0.1) is 11.3 Å². The van der Waals surface area contributed by atoms with Crippen LogP contribution in [0.15, 0.2) is 38.8 Å². The van der Waals surface area contributed by atoms with Crippen LogP contribution in [-0.4, -0.2) is 0 Å². The minimum atomic E-state index is -0.0284. The van der Waals surface area contributed by atoms with Crippen LogP contribution in [-0.2, 0) is 0 Å². The molecule has 4 heteroatoms. The summed E-state index contributed by atoms with van der Waals surface area (Å²) >= 11 is 7.06. The summed E-state index contributed by atoms with van der Waals surface area (Å²) in [5, 5.41) is 7.74. The van der Waals surface area contributed by atoms with Gasteiger partial charge in [0.2, 0.25) is 0 Å². The van der Waals surface area contributed by atoms with Crippen LogP contribution >= 0.6 is 38.6 Å². The second-order valence-corrected chi connectivity index (χ2v) is 6.77. The summed E-state index contributed by atoms with van der Waals surface area (Å²) in [6, 6.07) is 6.26. The lowest BCUT2D eigenvalue weighted by Crippen LogP contribution is -2.11. The van der Waals surface area contributed by atoms with E-state index in [0.717, 1.165) is 4.47 Å². The van der Waals surface area contributed by atoms with Gasteiger partial charge < -0.3 is 5.73 Å². The van der Waals surface area contributed by atoms with E-state index in [9.17, 15) is 0 Å². The van der Waals surface area contributed by atoms with Gasteiger partial charge in [0, 0.05) is 9.17 Å². The zero-order valence-electron chi connectivity index (χ0n) is 9.81. The van der Waals surface area contributed by atoms with Gasteiger partial charge in [0.1, 0.15) is 0 Å². The molecule has 3 rings (SSSR count). The lowest BCUT2D eigenvalue weighted by molar-refractivity contribution is 0.881. The number of rotatable bonds is 2. The minimum Gasteiger partial charge on any atom is -0.320 e. The fraction of sp³-hybridized carbons (Fsp3) is 0.143. The largest absolute Gasteiger partial charge is 0.320 e. The van der Waals surface area contributed by atoms with E-state index >= 15 is 0 Å². The van der Waals surface area contributed by atoms with E-state index in [0.29, 0.717) is 0 Å². The molecule has 0 amide bonds. The quantitative estimate of drug-likeness (QED) is 0.693. The minimum absolute atomic E-state index is 0.0284. The Morgan fingerprint density at radius 1 is 1.17 bits per heavy atom. The standard InChI is InChI=1S/C14H12BrNS2/c1-8-5-17-6-10(8)13(16)11-7-18-14-9(11)3-2-4-12(14)15/h2-7,13H,16H2,1H3. The molecule has 0 aliphatic carbocycles. The Hall–Kier alpha value is -0.680. The molecular weight excluding hydrogens is 326 g/mol. The summed E-state index contributed by atoms with van der Waals surface area (Å²) in [7, 11) is 0. The monoisotopic (exact) mass is 337 g/mol. The molecule has 3 aromatic rings. The summed E-state index contributed by atoms with van der Waals surface area (Å²) < 4.78 is 2.42. The smallest absolute Gasteiger partial charge is 0.0576 e. The van der Waals surface area contributed by atoms with Crippen molar-refractivity contribution in [2.24, 2.45) is 5.73 Å². The summed E-state index contributed by atoms with van der Waals surface area (Å²) in [4.78, 5) is 0. The number of benzene rings is 1. The fourth-order valence-corrected chi connectivity index (χ4v) is 4.68. The van der Waals surface area contributed by atoms with Gasteiger partial charge in [-0.3, -0.25) is 0 Å². The van der Waals surface area contributed by atoms with Crippen LogP contribution in [0, 0.1) is 6.92 Å². The molecule has 2 aromatic heterocycles. The maximum atomic E-state index is 6.42. The van der Waals surface area contributed by atoms with E-state index in [2.05, 4.69) is 57.2 Å². The number of aryl methyl sites for hydroxylation is 1. The molecular formula is C14H12BrNS2. The van der Waals surface area contributed by atoms with E-state index in [-0.39, 0.29) is 6.04 Å². The Balaban J connectivity index is 2.16. The number of nitrogens with two attached hydrogens (primary N) is 1. The van der Waals surface area contributed by atoms with Gasteiger partial charge in [-0.1, -0.05) is 12.1 Å². The summed E-state index contributed by atoms with van der Waals surface area (Å²) in [5.74, 6) is 0. The van der Waals surface area contributed by atoms with Gasteiger partial charge in [0.15, 0.2) is 0 Å². The van der Waals surface area contributed by atoms with Crippen molar-refractivity contribution in [1.29, 1.82) is 0 Å². The molecule has 0 aliphatic rings. The third-order valence-corrected chi connectivity index (χ3v) is 6.00. The van der Waals surface area contributed by atoms with Gasteiger partial charge in [-0.05, 0) is 67.1 Å². The highest BCUT2D eigenvalue weighted by Gasteiger charge is 2.16. The molecule has 0 bridgehead atoms. The van der Waals surface area contributed by atoms with Crippen LogP contribution < -0.4 is 5.73 Å². The maximum absolute atomic E-state index is 6.42. The molecule has 2 heterocycles. The molecule has 92 valence electrons. The average molecular weight is 338 g/mol. The molecule has 0 saturated carbocycles. The Labute approximate surface area is 122 Å². The highest BCUT2D eigenvalue weighted by molar-refractivity contribution is 9.10. The molecule has 0 aliphatic heterocycles. The molecule has 0 spiro atoms. The van der Waals surface area contributed by atoms with Crippen LogP contribution in [0.4, 0.5) is 0 Å². The normalized spacial score (nSPS) is 13.1. The molecule has 1 aromatic carbocycles. The van der Waals surface area contributed by atoms with Crippen LogP contribution in [0.2, 0.25) is 0 Å². The van der Waals surface area contributed by atoms with Crippen molar-refractivity contribution in [1.82, 2.24) is 0 Å².